The number of anilines is 1. The normalized spacial score (nSPS) is 10.4. The number of nitrogen functional groups attached to an aromatic ring is 1. The number of hydrogen-bond acceptors (Lipinski definition) is 2. The van der Waals surface area contributed by atoms with E-state index < -0.39 is 0 Å². The molecule has 98 valence electrons. The zero-order valence-electron chi connectivity index (χ0n) is 10.8. The Hall–Kier alpha value is -2.68. The van der Waals surface area contributed by atoms with Gasteiger partial charge in [-0.3, -0.25) is 4.98 Å². The molecule has 3 aromatic rings. The molecule has 2 aromatic carbocycles. The summed E-state index contributed by atoms with van der Waals surface area (Å²) in [5.74, 6) is -0.350. The number of pyridine rings is 1. The van der Waals surface area contributed by atoms with Gasteiger partial charge in [-0.2, -0.15) is 0 Å². The summed E-state index contributed by atoms with van der Waals surface area (Å²) in [5.41, 5.74) is 8.67. The highest BCUT2D eigenvalue weighted by Crippen LogP contribution is 2.31. The Bertz CT molecular complexity index is 739. The monoisotopic (exact) mass is 264 g/mol. The Kier molecular flexibility index (Phi) is 3.17. The highest BCUT2D eigenvalue weighted by Gasteiger charge is 2.14. The fourth-order valence-electron chi connectivity index (χ4n) is 2.18. The fourth-order valence-corrected chi connectivity index (χ4v) is 2.18. The van der Waals surface area contributed by atoms with Crippen LogP contribution in [-0.2, 0) is 0 Å². The van der Waals surface area contributed by atoms with E-state index >= 15 is 0 Å². The summed E-state index contributed by atoms with van der Waals surface area (Å²) < 4.78 is 14.7. The van der Waals surface area contributed by atoms with Gasteiger partial charge in [-0.05, 0) is 17.7 Å². The van der Waals surface area contributed by atoms with Crippen LogP contribution in [0.3, 0.4) is 0 Å². The van der Waals surface area contributed by atoms with Crippen LogP contribution in [0.1, 0.15) is 0 Å². The first-order valence-electron chi connectivity index (χ1n) is 6.32. The summed E-state index contributed by atoms with van der Waals surface area (Å²) >= 11 is 0. The van der Waals surface area contributed by atoms with Crippen molar-refractivity contribution in [2.45, 2.75) is 0 Å². The number of halogens is 1. The summed E-state index contributed by atoms with van der Waals surface area (Å²) in [4.78, 5) is 4.14. The van der Waals surface area contributed by atoms with Crippen LogP contribution >= 0.6 is 0 Å². The molecule has 0 radical (unpaired) electrons. The molecule has 0 spiro atoms. The molecule has 0 fully saturated rings. The molecular weight excluding hydrogens is 251 g/mol. The van der Waals surface area contributed by atoms with Crippen LogP contribution in [0.4, 0.5) is 10.1 Å². The van der Waals surface area contributed by atoms with Gasteiger partial charge in [0, 0.05) is 23.0 Å². The number of nitrogens with zero attached hydrogens (tertiary/aromatic N) is 1. The molecule has 0 atom stereocenters. The molecule has 3 rings (SSSR count). The number of nitrogens with two attached hydrogens (primary N) is 1. The lowest BCUT2D eigenvalue weighted by atomic mass is 10.0. The van der Waals surface area contributed by atoms with Crippen molar-refractivity contribution in [1.29, 1.82) is 0 Å². The van der Waals surface area contributed by atoms with E-state index in [0.717, 1.165) is 5.56 Å². The molecule has 2 N–H and O–H groups in total. The molecular formula is C17H13FN2. The third-order valence-electron chi connectivity index (χ3n) is 3.19. The maximum absolute atomic E-state index is 14.7. The zero-order valence-corrected chi connectivity index (χ0v) is 10.8. The van der Waals surface area contributed by atoms with Crippen LogP contribution in [-0.4, -0.2) is 4.98 Å². The smallest absolute Gasteiger partial charge is 0.157 e. The van der Waals surface area contributed by atoms with Gasteiger partial charge in [0.15, 0.2) is 5.82 Å². The van der Waals surface area contributed by atoms with E-state index in [0.29, 0.717) is 16.8 Å². The average Bonchev–Trinajstić information content (AvgIpc) is 2.49. The summed E-state index contributed by atoms with van der Waals surface area (Å²) in [6, 6.07) is 18.2. The molecule has 0 aliphatic carbocycles. The molecule has 3 heteroatoms. The van der Waals surface area contributed by atoms with Crippen LogP contribution in [0.2, 0.25) is 0 Å². The SMILES string of the molecule is Nc1ccccc1-c1nccc(-c2ccccc2)c1F. The first kappa shape index (κ1) is 12.4. The van der Waals surface area contributed by atoms with Gasteiger partial charge in [0.25, 0.3) is 0 Å². The molecule has 0 aliphatic rings. The molecule has 0 saturated heterocycles. The van der Waals surface area contributed by atoms with Crippen molar-refractivity contribution < 1.29 is 4.39 Å². The lowest BCUT2D eigenvalue weighted by Crippen LogP contribution is -1.96. The van der Waals surface area contributed by atoms with E-state index in [1.54, 1.807) is 24.4 Å². The van der Waals surface area contributed by atoms with Gasteiger partial charge in [0.2, 0.25) is 0 Å². The van der Waals surface area contributed by atoms with Crippen LogP contribution in [0.5, 0.6) is 0 Å². The predicted molar refractivity (Wildman–Crippen MR) is 79.5 cm³/mol. The fraction of sp³-hybridized carbons (Fsp3) is 0. The van der Waals surface area contributed by atoms with Crippen LogP contribution in [0.25, 0.3) is 22.4 Å². The van der Waals surface area contributed by atoms with E-state index in [1.807, 2.05) is 42.5 Å². The zero-order chi connectivity index (χ0) is 13.9. The largest absolute Gasteiger partial charge is 0.398 e. The second kappa shape index (κ2) is 5.13. The molecule has 0 bridgehead atoms. The second-order valence-electron chi connectivity index (χ2n) is 4.47. The maximum Gasteiger partial charge on any atom is 0.157 e. The van der Waals surface area contributed by atoms with Crippen LogP contribution in [0, 0.1) is 5.82 Å². The first-order valence-corrected chi connectivity index (χ1v) is 6.32. The average molecular weight is 264 g/mol. The Morgan fingerprint density at radius 1 is 0.800 bits per heavy atom. The quantitative estimate of drug-likeness (QED) is 0.706. The lowest BCUT2D eigenvalue weighted by molar-refractivity contribution is 0.629. The van der Waals surface area contributed by atoms with Gasteiger partial charge >= 0.3 is 0 Å². The Morgan fingerprint density at radius 2 is 1.50 bits per heavy atom. The van der Waals surface area contributed by atoms with E-state index in [4.69, 9.17) is 5.73 Å². The minimum atomic E-state index is -0.350. The molecule has 0 unspecified atom stereocenters. The molecule has 20 heavy (non-hydrogen) atoms. The van der Waals surface area contributed by atoms with Gasteiger partial charge in [-0.1, -0.05) is 48.5 Å². The minimum absolute atomic E-state index is 0.282. The first-order chi connectivity index (χ1) is 9.77. The highest BCUT2D eigenvalue weighted by molar-refractivity contribution is 5.78. The number of aromatic nitrogens is 1. The maximum atomic E-state index is 14.7. The van der Waals surface area contributed by atoms with Gasteiger partial charge in [0.05, 0.1) is 0 Å². The minimum Gasteiger partial charge on any atom is -0.398 e. The molecule has 1 aromatic heterocycles. The van der Waals surface area contributed by atoms with Crippen LogP contribution in [0.15, 0.2) is 66.9 Å². The third-order valence-corrected chi connectivity index (χ3v) is 3.19. The van der Waals surface area contributed by atoms with Crippen molar-refractivity contribution in [2.24, 2.45) is 0 Å². The molecule has 2 nitrogen and oxygen atoms in total. The summed E-state index contributed by atoms with van der Waals surface area (Å²) in [7, 11) is 0. The van der Waals surface area contributed by atoms with Crippen molar-refractivity contribution >= 4 is 5.69 Å². The standard InChI is InChI=1S/C17H13FN2/c18-16-13(12-6-2-1-3-7-12)10-11-20-17(16)14-8-4-5-9-15(14)19/h1-11H,19H2. The van der Waals surface area contributed by atoms with Gasteiger partial charge in [0.1, 0.15) is 5.69 Å². The summed E-state index contributed by atoms with van der Waals surface area (Å²) in [6.45, 7) is 0. The second-order valence-corrected chi connectivity index (χ2v) is 4.47. The Labute approximate surface area is 116 Å². The van der Waals surface area contributed by atoms with Gasteiger partial charge in [-0.15, -0.1) is 0 Å². The number of para-hydroxylation sites is 1. The van der Waals surface area contributed by atoms with Crippen molar-refractivity contribution in [2.75, 3.05) is 5.73 Å². The number of hydrogen-bond donors (Lipinski definition) is 1. The molecule has 1 heterocycles. The highest BCUT2D eigenvalue weighted by atomic mass is 19.1. The van der Waals surface area contributed by atoms with Crippen molar-refractivity contribution in [3.8, 4) is 22.4 Å². The summed E-state index contributed by atoms with van der Waals surface area (Å²) in [6.07, 6.45) is 1.60. The third kappa shape index (κ3) is 2.14. The van der Waals surface area contributed by atoms with Crippen molar-refractivity contribution in [3.63, 3.8) is 0 Å². The molecule has 0 amide bonds. The van der Waals surface area contributed by atoms with Crippen LogP contribution < -0.4 is 5.73 Å². The predicted octanol–water partition coefficient (Wildman–Crippen LogP) is 4.14. The Balaban J connectivity index is 2.19. The Morgan fingerprint density at radius 3 is 2.25 bits per heavy atom. The topological polar surface area (TPSA) is 38.9 Å². The van der Waals surface area contributed by atoms with Gasteiger partial charge in [-0.25, -0.2) is 4.39 Å². The van der Waals surface area contributed by atoms with Crippen molar-refractivity contribution in [3.05, 3.63) is 72.7 Å². The van der Waals surface area contributed by atoms with E-state index in [-0.39, 0.29) is 11.5 Å². The number of rotatable bonds is 2. The van der Waals surface area contributed by atoms with E-state index in [9.17, 15) is 4.39 Å². The molecule has 0 aliphatic heterocycles. The summed E-state index contributed by atoms with van der Waals surface area (Å²) in [5, 5.41) is 0. The van der Waals surface area contributed by atoms with E-state index in [2.05, 4.69) is 4.98 Å². The van der Waals surface area contributed by atoms with Crippen molar-refractivity contribution in [1.82, 2.24) is 4.98 Å². The molecule has 0 saturated carbocycles. The number of benzene rings is 2. The van der Waals surface area contributed by atoms with Gasteiger partial charge < -0.3 is 5.73 Å². The lowest BCUT2D eigenvalue weighted by Gasteiger charge is -2.09. The van der Waals surface area contributed by atoms with E-state index in [1.165, 1.54) is 0 Å².